The summed E-state index contributed by atoms with van der Waals surface area (Å²) in [6.45, 7) is 0. The van der Waals surface area contributed by atoms with Crippen LogP contribution in [0.3, 0.4) is 0 Å². The van der Waals surface area contributed by atoms with Crippen LogP contribution in [0.2, 0.25) is 0 Å². The Morgan fingerprint density at radius 1 is 1.17 bits per heavy atom. The topological polar surface area (TPSA) is 20.2 Å². The average molecular weight is 102 g/mol. The molecule has 1 aliphatic heterocycles. The van der Waals surface area contributed by atoms with Gasteiger partial charge in [0.25, 0.3) is 0 Å². The van der Waals surface area contributed by atoms with Gasteiger partial charge in [0.15, 0.2) is 0 Å². The predicted molar refractivity (Wildman–Crippen MR) is 29.9 cm³/mol. The normalized spacial score (nSPS) is 23.2. The van der Waals surface area contributed by atoms with Gasteiger partial charge in [-0.2, -0.15) is 0 Å². The molecule has 0 saturated heterocycles. The van der Waals surface area contributed by atoms with Crippen molar-refractivity contribution in [2.75, 3.05) is 0 Å². The third-order valence-corrected chi connectivity index (χ3v) is 1.54. The fraction of sp³-hybridized carbons (Fsp3) is 0. The van der Waals surface area contributed by atoms with Gasteiger partial charge in [-0.1, -0.05) is 12.2 Å². The molecule has 34 valence electrons. The molecule has 0 aromatic carbocycles. The highest BCUT2D eigenvalue weighted by molar-refractivity contribution is 8.17. The Hall–Kier alpha value is -0.210. The van der Waals surface area contributed by atoms with Crippen LogP contribution in [0.15, 0.2) is 23.0 Å². The molecule has 0 aliphatic carbocycles. The fourth-order valence-electron chi connectivity index (χ4n) is 0.325. The molecule has 0 fully saturated rings. The molecule has 0 bridgehead atoms. The van der Waals surface area contributed by atoms with Crippen molar-refractivity contribution in [2.24, 2.45) is 0 Å². The summed E-state index contributed by atoms with van der Waals surface area (Å²) in [6, 6.07) is 0. The van der Waals surface area contributed by atoms with Crippen LogP contribution in [0.25, 0.3) is 0 Å². The molecule has 0 aromatic heterocycles. The predicted octanol–water partition coefficient (Wildman–Crippen LogP) is 1.50. The lowest BCUT2D eigenvalue weighted by atomic mass is 10.6. The van der Waals surface area contributed by atoms with Crippen LogP contribution in [0, 0.1) is 0 Å². The van der Waals surface area contributed by atoms with Crippen molar-refractivity contribution in [1.82, 2.24) is 0 Å². The molecule has 0 aromatic rings. The second-order valence-corrected chi connectivity index (χ2v) is 2.42. The van der Waals surface area contributed by atoms with Crippen LogP contribution in [0.5, 0.6) is 0 Å². The third-order valence-electron chi connectivity index (χ3n) is 0.589. The van der Waals surface area contributed by atoms with E-state index >= 15 is 0 Å². The van der Waals surface area contributed by atoms with Crippen LogP contribution >= 0.6 is 11.2 Å². The molecule has 2 heteroatoms. The van der Waals surface area contributed by atoms with Crippen molar-refractivity contribution in [3.05, 3.63) is 23.0 Å². The van der Waals surface area contributed by atoms with Crippen LogP contribution in [-0.4, -0.2) is 4.55 Å². The van der Waals surface area contributed by atoms with Gasteiger partial charge < -0.3 is 4.55 Å². The zero-order valence-corrected chi connectivity index (χ0v) is 4.10. The average Bonchev–Trinajstić information content (AvgIpc) is 1.86. The number of hydrogen-bond acceptors (Lipinski definition) is 1. The molecule has 0 unspecified atom stereocenters. The second kappa shape index (κ2) is 1.49. The minimum Gasteiger partial charge on any atom is -0.347 e. The molecule has 0 amide bonds. The molecule has 1 aliphatic rings. The van der Waals surface area contributed by atoms with Crippen LogP contribution in [-0.2, 0) is 0 Å². The smallest absolute Gasteiger partial charge is 0.0228 e. The molecule has 0 radical (unpaired) electrons. The number of allylic oxidation sites excluding steroid dienone is 2. The Morgan fingerprint density at radius 3 is 1.83 bits per heavy atom. The Kier molecular flexibility index (Phi) is 0.986. The van der Waals surface area contributed by atoms with E-state index in [4.69, 9.17) is 4.55 Å². The van der Waals surface area contributed by atoms with E-state index in [2.05, 4.69) is 0 Å². The highest BCUT2D eigenvalue weighted by atomic mass is 32.2. The summed E-state index contributed by atoms with van der Waals surface area (Å²) in [5.74, 6) is 0. The van der Waals surface area contributed by atoms with Gasteiger partial charge in [-0.05, 0) is 10.8 Å². The first-order valence-corrected chi connectivity index (χ1v) is 3.15. The van der Waals surface area contributed by atoms with Gasteiger partial charge in [0, 0.05) is 0 Å². The standard InChI is InChI=1S/C4H6OS/c5-6-3-1-2-4-6/h1-6H. The van der Waals surface area contributed by atoms with Crippen LogP contribution in [0.4, 0.5) is 0 Å². The molecule has 1 N–H and O–H groups in total. The molecule has 0 spiro atoms. The minimum atomic E-state index is -0.826. The summed E-state index contributed by atoms with van der Waals surface area (Å²) in [5, 5.41) is 3.57. The quantitative estimate of drug-likeness (QED) is 0.444. The van der Waals surface area contributed by atoms with E-state index in [0.29, 0.717) is 0 Å². The van der Waals surface area contributed by atoms with Crippen molar-refractivity contribution in [3.63, 3.8) is 0 Å². The third kappa shape index (κ3) is 0.640. The summed E-state index contributed by atoms with van der Waals surface area (Å²) in [6.07, 6.45) is 3.71. The first kappa shape index (κ1) is 3.96. The SMILES string of the molecule is O[SH]1C=CC=C1. The summed E-state index contributed by atoms with van der Waals surface area (Å²) in [4.78, 5) is 0. The summed E-state index contributed by atoms with van der Waals surface area (Å²) < 4.78 is 8.62. The largest absolute Gasteiger partial charge is 0.347 e. The maximum atomic E-state index is 8.62. The maximum Gasteiger partial charge on any atom is -0.0228 e. The van der Waals surface area contributed by atoms with Gasteiger partial charge >= 0.3 is 0 Å². The Balaban J connectivity index is 2.60. The lowest BCUT2D eigenvalue weighted by Crippen LogP contribution is -1.51. The van der Waals surface area contributed by atoms with Crippen LogP contribution < -0.4 is 0 Å². The summed E-state index contributed by atoms with van der Waals surface area (Å²) in [5.41, 5.74) is 0. The van der Waals surface area contributed by atoms with Crippen molar-refractivity contribution in [1.29, 1.82) is 0 Å². The molecule has 0 atom stereocenters. The van der Waals surface area contributed by atoms with Crippen molar-refractivity contribution in [2.45, 2.75) is 0 Å². The van der Waals surface area contributed by atoms with Gasteiger partial charge in [0.2, 0.25) is 0 Å². The van der Waals surface area contributed by atoms with Crippen LogP contribution in [0.1, 0.15) is 0 Å². The zero-order chi connectivity index (χ0) is 4.41. The fourth-order valence-corrected chi connectivity index (χ4v) is 0.976. The lowest BCUT2D eigenvalue weighted by molar-refractivity contribution is 0.663. The monoisotopic (exact) mass is 102 g/mol. The van der Waals surface area contributed by atoms with Crippen molar-refractivity contribution >= 4 is 11.2 Å². The van der Waals surface area contributed by atoms with E-state index in [1.165, 1.54) is 0 Å². The zero-order valence-electron chi connectivity index (χ0n) is 3.20. The lowest BCUT2D eigenvalue weighted by Gasteiger charge is -1.91. The van der Waals surface area contributed by atoms with E-state index in [-0.39, 0.29) is 0 Å². The molecular formula is C4H6OS. The van der Waals surface area contributed by atoms with Crippen molar-refractivity contribution < 1.29 is 4.55 Å². The Morgan fingerprint density at radius 2 is 1.67 bits per heavy atom. The molecular weight excluding hydrogens is 96.1 g/mol. The van der Waals surface area contributed by atoms with E-state index in [9.17, 15) is 0 Å². The Bertz CT molecular complexity index is 83.7. The van der Waals surface area contributed by atoms with E-state index in [0.717, 1.165) is 0 Å². The summed E-state index contributed by atoms with van der Waals surface area (Å²) >= 11 is -0.826. The highest BCUT2D eigenvalue weighted by Crippen LogP contribution is 2.26. The first-order valence-electron chi connectivity index (χ1n) is 1.72. The minimum absolute atomic E-state index is 0.826. The van der Waals surface area contributed by atoms with Gasteiger partial charge in [-0.3, -0.25) is 0 Å². The molecule has 6 heavy (non-hydrogen) atoms. The van der Waals surface area contributed by atoms with Gasteiger partial charge in [-0.15, -0.1) is 11.2 Å². The molecule has 1 rings (SSSR count). The number of hydrogen-bond donors (Lipinski definition) is 2. The molecule has 1 nitrogen and oxygen atoms in total. The maximum absolute atomic E-state index is 8.62. The Labute approximate surface area is 39.5 Å². The number of rotatable bonds is 0. The molecule has 1 heterocycles. The van der Waals surface area contributed by atoms with Gasteiger partial charge in [0.05, 0.1) is 0 Å². The van der Waals surface area contributed by atoms with Gasteiger partial charge in [0.1, 0.15) is 0 Å². The number of thiol groups is 1. The second-order valence-electron chi connectivity index (χ2n) is 1.06. The highest BCUT2D eigenvalue weighted by Gasteiger charge is 1.86. The van der Waals surface area contributed by atoms with Crippen molar-refractivity contribution in [3.8, 4) is 0 Å². The van der Waals surface area contributed by atoms with Gasteiger partial charge in [-0.25, -0.2) is 0 Å². The summed E-state index contributed by atoms with van der Waals surface area (Å²) in [7, 11) is 0. The molecule has 0 saturated carbocycles. The van der Waals surface area contributed by atoms with E-state index in [1.807, 2.05) is 12.2 Å². The van der Waals surface area contributed by atoms with E-state index < -0.39 is 11.2 Å². The van der Waals surface area contributed by atoms with E-state index in [1.54, 1.807) is 10.8 Å². The first-order chi connectivity index (χ1) is 2.89.